The van der Waals surface area contributed by atoms with Gasteiger partial charge >= 0.3 is 0 Å². The third-order valence-electron chi connectivity index (χ3n) is 3.03. The molecule has 0 spiro atoms. The number of carbonyl (C=O) groups excluding carboxylic acids is 2. The van der Waals surface area contributed by atoms with Crippen LogP contribution in [0.25, 0.3) is 0 Å². The Morgan fingerprint density at radius 3 is 2.71 bits per heavy atom. The number of amides is 2. The normalized spacial score (nSPS) is 18.8. The summed E-state index contributed by atoms with van der Waals surface area (Å²) in [5.41, 5.74) is 5.54. The van der Waals surface area contributed by atoms with Gasteiger partial charge in [0.1, 0.15) is 0 Å². The van der Waals surface area contributed by atoms with E-state index < -0.39 is 5.92 Å². The third kappa shape index (κ3) is 3.39. The van der Waals surface area contributed by atoms with Crippen molar-refractivity contribution < 1.29 is 9.59 Å². The van der Waals surface area contributed by atoms with Crippen LogP contribution in [0, 0.1) is 5.92 Å². The highest BCUT2D eigenvalue weighted by molar-refractivity contribution is 7.80. The van der Waals surface area contributed by atoms with Crippen molar-refractivity contribution in [2.75, 3.05) is 26.7 Å². The second-order valence-corrected chi connectivity index (χ2v) is 4.76. The molecule has 6 heteroatoms. The summed E-state index contributed by atoms with van der Waals surface area (Å²) in [4.78, 5) is 27.3. The van der Waals surface area contributed by atoms with Crippen LogP contribution >= 0.6 is 12.2 Å². The molecule has 2 amide bonds. The molecule has 0 aromatic carbocycles. The zero-order valence-corrected chi connectivity index (χ0v) is 11.1. The first-order valence-corrected chi connectivity index (χ1v) is 6.20. The van der Waals surface area contributed by atoms with Gasteiger partial charge in [-0.05, 0) is 12.8 Å². The van der Waals surface area contributed by atoms with Gasteiger partial charge in [-0.25, -0.2) is 0 Å². The van der Waals surface area contributed by atoms with Crippen LogP contribution in [0.2, 0.25) is 0 Å². The van der Waals surface area contributed by atoms with Crippen LogP contribution in [0.15, 0.2) is 0 Å². The summed E-state index contributed by atoms with van der Waals surface area (Å²) >= 11 is 4.88. The highest BCUT2D eigenvalue weighted by Crippen LogP contribution is 2.11. The van der Waals surface area contributed by atoms with Crippen LogP contribution in [-0.2, 0) is 9.59 Å². The van der Waals surface area contributed by atoms with E-state index >= 15 is 0 Å². The quantitative estimate of drug-likeness (QED) is 0.722. The fourth-order valence-corrected chi connectivity index (χ4v) is 2.16. The van der Waals surface area contributed by atoms with Crippen LogP contribution < -0.4 is 5.73 Å². The Labute approximate surface area is 107 Å². The van der Waals surface area contributed by atoms with E-state index in [-0.39, 0.29) is 23.3 Å². The van der Waals surface area contributed by atoms with E-state index in [2.05, 4.69) is 0 Å². The van der Waals surface area contributed by atoms with Crippen molar-refractivity contribution in [3.05, 3.63) is 0 Å². The lowest BCUT2D eigenvalue weighted by molar-refractivity contribution is -0.139. The molecule has 0 bridgehead atoms. The Kier molecular flexibility index (Phi) is 4.86. The first-order chi connectivity index (χ1) is 7.97. The first-order valence-electron chi connectivity index (χ1n) is 5.79. The minimum atomic E-state index is -0.443. The van der Waals surface area contributed by atoms with Gasteiger partial charge in [-0.3, -0.25) is 9.59 Å². The second kappa shape index (κ2) is 5.95. The van der Waals surface area contributed by atoms with Crippen LogP contribution in [0.4, 0.5) is 0 Å². The molecule has 17 heavy (non-hydrogen) atoms. The molecule has 1 atom stereocenters. The number of rotatable bonds is 3. The average Bonchev–Trinajstić information content (AvgIpc) is 2.42. The number of carbonyl (C=O) groups is 2. The van der Waals surface area contributed by atoms with E-state index in [1.807, 2.05) is 6.92 Å². The Balaban J connectivity index is 2.74. The maximum absolute atomic E-state index is 12.2. The molecular formula is C11H19N3O2S. The minimum Gasteiger partial charge on any atom is -0.393 e. The van der Waals surface area contributed by atoms with Gasteiger partial charge in [0.05, 0.1) is 17.5 Å². The van der Waals surface area contributed by atoms with Gasteiger partial charge < -0.3 is 15.5 Å². The van der Waals surface area contributed by atoms with Crippen molar-refractivity contribution in [1.29, 1.82) is 0 Å². The third-order valence-corrected chi connectivity index (χ3v) is 3.32. The molecule has 0 aromatic heterocycles. The Morgan fingerprint density at radius 1 is 1.53 bits per heavy atom. The van der Waals surface area contributed by atoms with Gasteiger partial charge in [0.15, 0.2) is 0 Å². The van der Waals surface area contributed by atoms with Gasteiger partial charge in [0.25, 0.3) is 0 Å². The molecule has 0 aliphatic carbocycles. The number of likely N-dealkylation sites (N-methyl/N-ethyl adjacent to an activating group) is 1. The number of hydrogen-bond donors (Lipinski definition) is 1. The maximum Gasteiger partial charge on any atom is 0.241 e. The van der Waals surface area contributed by atoms with Crippen molar-refractivity contribution in [3.8, 4) is 0 Å². The van der Waals surface area contributed by atoms with Gasteiger partial charge in [-0.2, -0.15) is 0 Å². The predicted molar refractivity (Wildman–Crippen MR) is 69.4 cm³/mol. The van der Waals surface area contributed by atoms with Crippen molar-refractivity contribution in [2.24, 2.45) is 11.7 Å². The second-order valence-electron chi connectivity index (χ2n) is 4.29. The Morgan fingerprint density at radius 2 is 2.18 bits per heavy atom. The van der Waals surface area contributed by atoms with E-state index in [0.717, 1.165) is 6.42 Å². The predicted octanol–water partition coefficient (Wildman–Crippen LogP) is -0.0106. The maximum atomic E-state index is 12.2. The van der Waals surface area contributed by atoms with E-state index in [0.29, 0.717) is 19.5 Å². The fourth-order valence-electron chi connectivity index (χ4n) is 1.89. The zero-order chi connectivity index (χ0) is 13.0. The molecule has 96 valence electrons. The minimum absolute atomic E-state index is 0.0337. The largest absolute Gasteiger partial charge is 0.393 e. The van der Waals surface area contributed by atoms with Crippen LogP contribution in [0.1, 0.15) is 19.8 Å². The molecule has 0 radical (unpaired) electrons. The monoisotopic (exact) mass is 257 g/mol. The summed E-state index contributed by atoms with van der Waals surface area (Å²) < 4.78 is 0. The Hall–Kier alpha value is -1.17. The standard InChI is InChI=1S/C11H19N3O2S/c1-3-8(10(12)17)11(16)14-6-4-5-13(2)9(15)7-14/h8H,3-7H2,1-2H3,(H2,12,17). The molecule has 1 rings (SSSR count). The smallest absolute Gasteiger partial charge is 0.241 e. The number of nitrogens with zero attached hydrogens (tertiary/aromatic N) is 2. The summed E-state index contributed by atoms with van der Waals surface area (Å²) in [6.07, 6.45) is 1.37. The summed E-state index contributed by atoms with van der Waals surface area (Å²) in [6.45, 7) is 3.28. The van der Waals surface area contributed by atoms with Crippen molar-refractivity contribution in [2.45, 2.75) is 19.8 Å². The summed E-state index contributed by atoms with van der Waals surface area (Å²) in [7, 11) is 1.75. The fraction of sp³-hybridized carbons (Fsp3) is 0.727. The molecule has 1 aliphatic rings. The topological polar surface area (TPSA) is 66.6 Å². The number of hydrogen-bond acceptors (Lipinski definition) is 3. The molecule has 2 N–H and O–H groups in total. The molecule has 1 unspecified atom stereocenters. The molecule has 1 aliphatic heterocycles. The number of nitrogens with two attached hydrogens (primary N) is 1. The van der Waals surface area contributed by atoms with Gasteiger partial charge in [-0.1, -0.05) is 19.1 Å². The summed E-state index contributed by atoms with van der Waals surface area (Å²) in [5, 5.41) is 0. The molecule has 5 nitrogen and oxygen atoms in total. The van der Waals surface area contributed by atoms with E-state index in [9.17, 15) is 9.59 Å². The number of thiocarbonyl (C=S) groups is 1. The van der Waals surface area contributed by atoms with Crippen LogP contribution in [-0.4, -0.2) is 53.3 Å². The molecule has 1 fully saturated rings. The Bertz CT molecular complexity index is 333. The van der Waals surface area contributed by atoms with Crippen LogP contribution in [0.3, 0.4) is 0 Å². The zero-order valence-electron chi connectivity index (χ0n) is 10.3. The molecule has 0 aromatic rings. The highest BCUT2D eigenvalue weighted by Gasteiger charge is 2.28. The first kappa shape index (κ1) is 13.9. The lowest BCUT2D eigenvalue weighted by Gasteiger charge is -2.24. The SMILES string of the molecule is CCC(C(=O)N1CCCN(C)C(=O)C1)C(N)=S. The van der Waals surface area contributed by atoms with Crippen molar-refractivity contribution in [3.63, 3.8) is 0 Å². The van der Waals surface area contributed by atoms with Gasteiger partial charge in [0, 0.05) is 20.1 Å². The lowest BCUT2D eigenvalue weighted by atomic mass is 10.1. The molecule has 0 saturated carbocycles. The van der Waals surface area contributed by atoms with Crippen molar-refractivity contribution in [1.82, 2.24) is 9.80 Å². The molecule has 1 saturated heterocycles. The summed E-state index contributed by atoms with van der Waals surface area (Å²) in [5.74, 6) is -0.599. The van der Waals surface area contributed by atoms with Gasteiger partial charge in [0.2, 0.25) is 11.8 Å². The highest BCUT2D eigenvalue weighted by atomic mass is 32.1. The van der Waals surface area contributed by atoms with E-state index in [1.165, 1.54) is 0 Å². The van der Waals surface area contributed by atoms with Crippen molar-refractivity contribution >= 4 is 29.0 Å². The molecule has 1 heterocycles. The summed E-state index contributed by atoms with van der Waals surface area (Å²) in [6, 6.07) is 0. The van der Waals surface area contributed by atoms with E-state index in [1.54, 1.807) is 16.8 Å². The average molecular weight is 257 g/mol. The lowest BCUT2D eigenvalue weighted by Crippen LogP contribution is -2.44. The van der Waals surface area contributed by atoms with E-state index in [4.69, 9.17) is 18.0 Å². The van der Waals surface area contributed by atoms with Gasteiger partial charge in [-0.15, -0.1) is 0 Å². The van der Waals surface area contributed by atoms with Crippen LogP contribution in [0.5, 0.6) is 0 Å². The molecular weight excluding hydrogens is 238 g/mol.